The summed E-state index contributed by atoms with van der Waals surface area (Å²) in [5, 5.41) is 3.02. The number of fused-ring (bicyclic) bond motifs is 2. The van der Waals surface area contributed by atoms with Crippen LogP contribution in [0.4, 0.5) is 0 Å². The van der Waals surface area contributed by atoms with Crippen molar-refractivity contribution in [3.8, 4) is 0 Å². The predicted octanol–water partition coefficient (Wildman–Crippen LogP) is 1.95. The third-order valence-corrected chi connectivity index (χ3v) is 3.62. The number of hydrogen-bond acceptors (Lipinski definition) is 1. The average molecular weight is 181 g/mol. The van der Waals surface area contributed by atoms with Crippen LogP contribution in [0.15, 0.2) is 0 Å². The Labute approximate surface area is 80.1 Å². The van der Waals surface area contributed by atoms with Crippen molar-refractivity contribution < 1.29 is 4.79 Å². The van der Waals surface area contributed by atoms with E-state index in [2.05, 4.69) is 12.2 Å². The number of amides is 1. The van der Waals surface area contributed by atoms with Crippen LogP contribution in [-0.4, -0.2) is 12.5 Å². The molecule has 2 bridgehead atoms. The van der Waals surface area contributed by atoms with E-state index < -0.39 is 0 Å². The van der Waals surface area contributed by atoms with Gasteiger partial charge in [0, 0.05) is 12.5 Å². The number of rotatable bonds is 3. The highest BCUT2D eigenvalue weighted by molar-refractivity contribution is 5.79. The van der Waals surface area contributed by atoms with E-state index in [1.165, 1.54) is 25.7 Å². The summed E-state index contributed by atoms with van der Waals surface area (Å²) in [7, 11) is 0. The molecule has 0 aromatic rings. The highest BCUT2D eigenvalue weighted by Crippen LogP contribution is 2.48. The van der Waals surface area contributed by atoms with Gasteiger partial charge >= 0.3 is 0 Å². The van der Waals surface area contributed by atoms with Gasteiger partial charge in [0.1, 0.15) is 0 Å². The first kappa shape index (κ1) is 9.04. The number of nitrogens with one attached hydrogen (secondary N) is 1. The standard InChI is InChI=1S/C11H19NO/c1-2-5-12-11(13)10-7-8-3-4-9(10)6-8/h8-10H,2-7H2,1H3,(H,12,13)/t8-,9+,10-/m1/s1. The van der Waals surface area contributed by atoms with Crippen LogP contribution in [0.2, 0.25) is 0 Å². The van der Waals surface area contributed by atoms with Crippen molar-refractivity contribution in [1.82, 2.24) is 5.32 Å². The molecule has 2 fully saturated rings. The normalized spacial score (nSPS) is 36.5. The van der Waals surface area contributed by atoms with Gasteiger partial charge in [0.15, 0.2) is 0 Å². The Morgan fingerprint density at radius 3 is 2.77 bits per heavy atom. The second kappa shape index (κ2) is 3.69. The molecular weight excluding hydrogens is 162 g/mol. The van der Waals surface area contributed by atoms with Crippen LogP contribution < -0.4 is 5.32 Å². The van der Waals surface area contributed by atoms with Crippen molar-refractivity contribution in [2.75, 3.05) is 6.54 Å². The lowest BCUT2D eigenvalue weighted by molar-refractivity contribution is -0.126. The first-order chi connectivity index (χ1) is 6.31. The molecule has 74 valence electrons. The molecule has 0 aliphatic heterocycles. The second-order valence-corrected chi connectivity index (χ2v) is 4.57. The van der Waals surface area contributed by atoms with Gasteiger partial charge in [0.25, 0.3) is 0 Å². The van der Waals surface area contributed by atoms with Crippen molar-refractivity contribution in [1.29, 1.82) is 0 Å². The fourth-order valence-corrected chi connectivity index (χ4v) is 2.95. The van der Waals surface area contributed by atoms with Crippen LogP contribution in [0.3, 0.4) is 0 Å². The molecule has 2 nitrogen and oxygen atoms in total. The largest absolute Gasteiger partial charge is 0.356 e. The molecule has 1 amide bonds. The minimum absolute atomic E-state index is 0.328. The molecule has 3 atom stereocenters. The third-order valence-electron chi connectivity index (χ3n) is 3.62. The van der Waals surface area contributed by atoms with E-state index in [1.807, 2.05) is 0 Å². The Balaban J connectivity index is 1.84. The second-order valence-electron chi connectivity index (χ2n) is 4.57. The molecule has 2 rings (SSSR count). The molecule has 0 aromatic carbocycles. The van der Waals surface area contributed by atoms with Gasteiger partial charge in [-0.3, -0.25) is 4.79 Å². The number of carbonyl (C=O) groups excluding carboxylic acids is 1. The van der Waals surface area contributed by atoms with Gasteiger partial charge in [-0.15, -0.1) is 0 Å². The van der Waals surface area contributed by atoms with Crippen LogP contribution in [0, 0.1) is 17.8 Å². The summed E-state index contributed by atoms with van der Waals surface area (Å²) in [6.45, 7) is 2.95. The minimum Gasteiger partial charge on any atom is -0.356 e. The molecule has 13 heavy (non-hydrogen) atoms. The lowest BCUT2D eigenvalue weighted by Crippen LogP contribution is -2.33. The fourth-order valence-electron chi connectivity index (χ4n) is 2.95. The summed E-state index contributed by atoms with van der Waals surface area (Å²) in [4.78, 5) is 11.7. The van der Waals surface area contributed by atoms with Crippen LogP contribution in [0.1, 0.15) is 39.0 Å². The first-order valence-corrected chi connectivity index (χ1v) is 5.59. The van der Waals surface area contributed by atoms with E-state index in [0.717, 1.165) is 24.8 Å². The summed E-state index contributed by atoms with van der Waals surface area (Å²) >= 11 is 0. The highest BCUT2D eigenvalue weighted by atomic mass is 16.1. The first-order valence-electron chi connectivity index (χ1n) is 5.59. The van der Waals surface area contributed by atoms with E-state index in [1.54, 1.807) is 0 Å². The molecule has 0 radical (unpaired) electrons. The van der Waals surface area contributed by atoms with Gasteiger partial charge in [0.2, 0.25) is 5.91 Å². The van der Waals surface area contributed by atoms with Gasteiger partial charge in [-0.2, -0.15) is 0 Å². The van der Waals surface area contributed by atoms with Crippen molar-refractivity contribution in [3.63, 3.8) is 0 Å². The van der Waals surface area contributed by atoms with E-state index >= 15 is 0 Å². The monoisotopic (exact) mass is 181 g/mol. The summed E-state index contributed by atoms with van der Waals surface area (Å²) in [5.41, 5.74) is 0. The summed E-state index contributed by atoms with van der Waals surface area (Å²) < 4.78 is 0. The summed E-state index contributed by atoms with van der Waals surface area (Å²) in [5.74, 6) is 2.29. The number of hydrogen-bond donors (Lipinski definition) is 1. The third kappa shape index (κ3) is 1.72. The van der Waals surface area contributed by atoms with Gasteiger partial charge in [-0.25, -0.2) is 0 Å². The average Bonchev–Trinajstić information content (AvgIpc) is 2.74. The molecule has 2 heteroatoms. The molecule has 0 unspecified atom stereocenters. The molecule has 0 saturated heterocycles. The molecule has 2 aliphatic rings. The molecular formula is C11H19NO. The van der Waals surface area contributed by atoms with Crippen molar-refractivity contribution >= 4 is 5.91 Å². The Bertz CT molecular complexity index is 202. The van der Waals surface area contributed by atoms with Crippen LogP contribution in [-0.2, 0) is 4.79 Å². The zero-order valence-corrected chi connectivity index (χ0v) is 8.38. The SMILES string of the molecule is CCCNC(=O)[C@@H]1C[C@@H]2CC[C@H]1C2. The highest BCUT2D eigenvalue weighted by Gasteiger charge is 2.42. The molecule has 0 aromatic heterocycles. The van der Waals surface area contributed by atoms with E-state index in [9.17, 15) is 4.79 Å². The van der Waals surface area contributed by atoms with Crippen molar-refractivity contribution in [2.45, 2.75) is 39.0 Å². The van der Waals surface area contributed by atoms with Gasteiger partial charge in [-0.05, 0) is 37.5 Å². The van der Waals surface area contributed by atoms with E-state index in [4.69, 9.17) is 0 Å². The smallest absolute Gasteiger partial charge is 0.223 e. The zero-order chi connectivity index (χ0) is 9.26. The Morgan fingerprint density at radius 1 is 1.38 bits per heavy atom. The van der Waals surface area contributed by atoms with Crippen LogP contribution >= 0.6 is 0 Å². The fraction of sp³-hybridized carbons (Fsp3) is 0.909. The Hall–Kier alpha value is -0.530. The van der Waals surface area contributed by atoms with Gasteiger partial charge < -0.3 is 5.32 Å². The predicted molar refractivity (Wildman–Crippen MR) is 52.2 cm³/mol. The maximum atomic E-state index is 11.7. The maximum absolute atomic E-state index is 11.7. The zero-order valence-electron chi connectivity index (χ0n) is 8.38. The van der Waals surface area contributed by atoms with Crippen molar-refractivity contribution in [2.24, 2.45) is 17.8 Å². The van der Waals surface area contributed by atoms with E-state index in [-0.39, 0.29) is 0 Å². The lowest BCUT2D eigenvalue weighted by atomic mass is 9.88. The van der Waals surface area contributed by atoms with Gasteiger partial charge in [-0.1, -0.05) is 13.3 Å². The topological polar surface area (TPSA) is 29.1 Å². The van der Waals surface area contributed by atoms with Crippen LogP contribution in [0.25, 0.3) is 0 Å². The minimum atomic E-state index is 0.328. The molecule has 0 spiro atoms. The maximum Gasteiger partial charge on any atom is 0.223 e. The van der Waals surface area contributed by atoms with E-state index in [0.29, 0.717) is 11.8 Å². The summed E-state index contributed by atoms with van der Waals surface area (Å²) in [6, 6.07) is 0. The van der Waals surface area contributed by atoms with Crippen molar-refractivity contribution in [3.05, 3.63) is 0 Å². The molecule has 2 saturated carbocycles. The van der Waals surface area contributed by atoms with Crippen LogP contribution in [0.5, 0.6) is 0 Å². The number of carbonyl (C=O) groups is 1. The molecule has 0 heterocycles. The Morgan fingerprint density at radius 2 is 2.23 bits per heavy atom. The van der Waals surface area contributed by atoms with Gasteiger partial charge in [0.05, 0.1) is 0 Å². The lowest BCUT2D eigenvalue weighted by Gasteiger charge is -2.20. The summed E-state index contributed by atoms with van der Waals surface area (Å²) in [6.07, 6.45) is 6.22. The molecule has 2 aliphatic carbocycles. The molecule has 1 N–H and O–H groups in total. The Kier molecular flexibility index (Phi) is 2.56. The quantitative estimate of drug-likeness (QED) is 0.708.